The second-order valence-electron chi connectivity index (χ2n) is 6.97. The van der Waals surface area contributed by atoms with Crippen molar-refractivity contribution >= 4 is 5.84 Å². The van der Waals surface area contributed by atoms with Crippen molar-refractivity contribution in [3.05, 3.63) is 0 Å². The molecule has 1 saturated heterocycles. The van der Waals surface area contributed by atoms with Crippen LogP contribution in [0, 0.1) is 17.8 Å². The molecule has 0 aromatic heterocycles. The van der Waals surface area contributed by atoms with Crippen LogP contribution >= 0.6 is 0 Å². The van der Waals surface area contributed by atoms with Gasteiger partial charge in [0.2, 0.25) is 0 Å². The molecule has 5 nitrogen and oxygen atoms in total. The van der Waals surface area contributed by atoms with Crippen molar-refractivity contribution in [3.63, 3.8) is 0 Å². The monoisotopic (exact) mass is 280 g/mol. The molecule has 0 aromatic carbocycles. The average molecular weight is 280 g/mol. The molecule has 3 N–H and O–H groups in total. The van der Waals surface area contributed by atoms with Gasteiger partial charge in [-0.05, 0) is 43.9 Å². The third-order valence-corrected chi connectivity index (χ3v) is 5.88. The fraction of sp³-hybridized carbons (Fsp3) is 0.933. The quantitative estimate of drug-likeness (QED) is 0.351. The van der Waals surface area contributed by atoms with Crippen molar-refractivity contribution < 1.29 is 5.21 Å². The molecular weight excluding hydrogens is 252 g/mol. The Bertz CT molecular complexity index is 365. The van der Waals surface area contributed by atoms with Gasteiger partial charge in [-0.3, -0.25) is 4.90 Å². The van der Waals surface area contributed by atoms with Gasteiger partial charge in [0.15, 0.2) is 5.84 Å². The van der Waals surface area contributed by atoms with E-state index in [9.17, 15) is 0 Å². The molecule has 4 unspecified atom stereocenters. The van der Waals surface area contributed by atoms with Crippen LogP contribution in [0.15, 0.2) is 5.16 Å². The lowest BCUT2D eigenvalue weighted by Gasteiger charge is -2.39. The Morgan fingerprint density at radius 2 is 2.00 bits per heavy atom. The highest BCUT2D eigenvalue weighted by atomic mass is 16.4. The minimum atomic E-state index is 0.0460. The van der Waals surface area contributed by atoms with Gasteiger partial charge in [-0.25, -0.2) is 0 Å². The van der Waals surface area contributed by atoms with Gasteiger partial charge in [-0.2, -0.15) is 0 Å². The van der Waals surface area contributed by atoms with E-state index in [1.165, 1.54) is 32.2 Å². The van der Waals surface area contributed by atoms with Gasteiger partial charge in [-0.15, -0.1) is 0 Å². The molecule has 0 spiro atoms. The number of nitrogens with zero attached hydrogens (tertiary/aromatic N) is 3. The van der Waals surface area contributed by atoms with Gasteiger partial charge in [0.1, 0.15) is 0 Å². The van der Waals surface area contributed by atoms with Gasteiger partial charge in [0.25, 0.3) is 0 Å². The number of rotatable bonds is 4. The van der Waals surface area contributed by atoms with Crippen molar-refractivity contribution in [3.8, 4) is 0 Å². The van der Waals surface area contributed by atoms with Crippen molar-refractivity contribution in [2.45, 2.75) is 38.6 Å². The topological polar surface area (TPSA) is 65.1 Å². The molecule has 3 aliphatic rings. The predicted octanol–water partition coefficient (Wildman–Crippen LogP) is 1.18. The normalized spacial score (nSPS) is 37.5. The first-order valence-electron chi connectivity index (χ1n) is 8.11. The Morgan fingerprint density at radius 1 is 1.25 bits per heavy atom. The standard InChI is InChI=1S/C15H28N4O/c1-11(15(16)17-20)19-6-4-18(5-7-19)10-14-9-12-2-3-13(14)8-12/h11-14,20H,2-10H2,1H3,(H2,16,17). The molecule has 2 aliphatic carbocycles. The summed E-state index contributed by atoms with van der Waals surface area (Å²) >= 11 is 0. The highest BCUT2D eigenvalue weighted by Gasteiger charge is 2.40. The number of hydrogen-bond donors (Lipinski definition) is 2. The van der Waals surface area contributed by atoms with Crippen LogP contribution in [0.4, 0.5) is 0 Å². The van der Waals surface area contributed by atoms with Crippen LogP contribution in [0.1, 0.15) is 32.6 Å². The second kappa shape index (κ2) is 5.90. The molecule has 0 radical (unpaired) electrons. The minimum Gasteiger partial charge on any atom is -0.409 e. The van der Waals surface area contributed by atoms with Crippen LogP contribution in [0.5, 0.6) is 0 Å². The first-order valence-corrected chi connectivity index (χ1v) is 8.11. The molecule has 3 fully saturated rings. The van der Waals surface area contributed by atoms with Crippen LogP contribution in [0.3, 0.4) is 0 Å². The molecule has 114 valence electrons. The lowest BCUT2D eigenvalue weighted by Crippen LogP contribution is -2.53. The summed E-state index contributed by atoms with van der Waals surface area (Å²) in [6.45, 7) is 7.61. The lowest BCUT2D eigenvalue weighted by molar-refractivity contribution is 0.0972. The fourth-order valence-corrected chi connectivity index (χ4v) is 4.54. The Hall–Kier alpha value is -0.810. The summed E-state index contributed by atoms with van der Waals surface area (Å²) in [5.74, 6) is 3.36. The second-order valence-corrected chi connectivity index (χ2v) is 6.97. The van der Waals surface area contributed by atoms with Crippen LogP contribution in [-0.2, 0) is 0 Å². The zero-order valence-electron chi connectivity index (χ0n) is 12.5. The van der Waals surface area contributed by atoms with Crippen molar-refractivity contribution in [2.75, 3.05) is 32.7 Å². The number of nitrogens with two attached hydrogens (primary N) is 1. The van der Waals surface area contributed by atoms with E-state index in [2.05, 4.69) is 15.0 Å². The summed E-state index contributed by atoms with van der Waals surface area (Å²) in [5.41, 5.74) is 5.70. The number of amidine groups is 1. The summed E-state index contributed by atoms with van der Waals surface area (Å²) < 4.78 is 0. The van der Waals surface area contributed by atoms with Gasteiger partial charge in [-0.1, -0.05) is 11.6 Å². The van der Waals surface area contributed by atoms with E-state index in [0.29, 0.717) is 5.84 Å². The molecule has 20 heavy (non-hydrogen) atoms. The summed E-state index contributed by atoms with van der Waals surface area (Å²) in [6, 6.07) is 0.0460. The zero-order valence-corrected chi connectivity index (χ0v) is 12.5. The van der Waals surface area contributed by atoms with E-state index < -0.39 is 0 Å². The highest BCUT2D eigenvalue weighted by Crippen LogP contribution is 2.48. The number of oxime groups is 1. The molecule has 2 bridgehead atoms. The molecule has 0 amide bonds. The van der Waals surface area contributed by atoms with Gasteiger partial charge in [0, 0.05) is 32.7 Å². The maximum absolute atomic E-state index is 8.76. The predicted molar refractivity (Wildman–Crippen MR) is 79.8 cm³/mol. The summed E-state index contributed by atoms with van der Waals surface area (Å²) in [4.78, 5) is 4.94. The Morgan fingerprint density at radius 3 is 2.55 bits per heavy atom. The van der Waals surface area contributed by atoms with E-state index in [0.717, 1.165) is 43.9 Å². The van der Waals surface area contributed by atoms with Crippen molar-refractivity contribution in [1.82, 2.24) is 9.80 Å². The largest absolute Gasteiger partial charge is 0.409 e. The van der Waals surface area contributed by atoms with Crippen molar-refractivity contribution in [2.24, 2.45) is 28.6 Å². The Labute approximate surface area is 121 Å². The van der Waals surface area contributed by atoms with Crippen LogP contribution < -0.4 is 5.73 Å². The Balaban J connectivity index is 1.44. The third-order valence-electron chi connectivity index (χ3n) is 5.88. The van der Waals surface area contributed by atoms with Crippen LogP contribution in [0.25, 0.3) is 0 Å². The maximum Gasteiger partial charge on any atom is 0.156 e. The SMILES string of the molecule is CC(C(N)=NO)N1CCN(CC2CC3CCC2C3)CC1. The smallest absolute Gasteiger partial charge is 0.156 e. The molecular formula is C15H28N4O. The average Bonchev–Trinajstić information content (AvgIpc) is 3.09. The summed E-state index contributed by atoms with van der Waals surface area (Å²) in [5, 5.41) is 11.9. The van der Waals surface area contributed by atoms with Crippen molar-refractivity contribution in [1.29, 1.82) is 0 Å². The first kappa shape index (κ1) is 14.1. The number of piperazine rings is 1. The van der Waals surface area contributed by atoms with Crippen LogP contribution in [-0.4, -0.2) is 59.6 Å². The lowest BCUT2D eigenvalue weighted by atomic mass is 9.88. The van der Waals surface area contributed by atoms with Gasteiger partial charge < -0.3 is 15.8 Å². The van der Waals surface area contributed by atoms with Gasteiger partial charge in [0.05, 0.1) is 6.04 Å². The minimum absolute atomic E-state index is 0.0460. The molecule has 0 aromatic rings. The number of hydrogen-bond acceptors (Lipinski definition) is 4. The van der Waals surface area contributed by atoms with Gasteiger partial charge >= 0.3 is 0 Å². The first-order chi connectivity index (χ1) is 9.67. The molecule has 2 saturated carbocycles. The molecule has 1 aliphatic heterocycles. The summed E-state index contributed by atoms with van der Waals surface area (Å²) in [7, 11) is 0. The molecule has 1 heterocycles. The highest BCUT2D eigenvalue weighted by molar-refractivity contribution is 5.84. The number of fused-ring (bicyclic) bond motifs is 2. The van der Waals surface area contributed by atoms with E-state index in [-0.39, 0.29) is 6.04 Å². The van der Waals surface area contributed by atoms with Crippen LogP contribution in [0.2, 0.25) is 0 Å². The molecule has 4 atom stereocenters. The molecule has 3 rings (SSSR count). The third kappa shape index (κ3) is 2.79. The van der Waals surface area contributed by atoms with E-state index in [1.807, 2.05) is 6.92 Å². The fourth-order valence-electron chi connectivity index (χ4n) is 4.54. The van der Waals surface area contributed by atoms with E-state index >= 15 is 0 Å². The zero-order chi connectivity index (χ0) is 14.1. The maximum atomic E-state index is 8.76. The van der Waals surface area contributed by atoms with E-state index in [1.54, 1.807) is 0 Å². The summed E-state index contributed by atoms with van der Waals surface area (Å²) in [6.07, 6.45) is 5.96. The van der Waals surface area contributed by atoms with E-state index in [4.69, 9.17) is 10.9 Å². The molecule has 5 heteroatoms. The Kier molecular flexibility index (Phi) is 4.17.